The smallest absolute Gasteiger partial charge is 0.226 e. The van der Waals surface area contributed by atoms with Crippen LogP contribution in [0.15, 0.2) is 36.4 Å². The van der Waals surface area contributed by atoms with Gasteiger partial charge >= 0.3 is 0 Å². The molecule has 2 aliphatic heterocycles. The molecular formula is C20H27NO2. The maximum Gasteiger partial charge on any atom is 0.226 e. The molecule has 0 spiro atoms. The molecule has 1 unspecified atom stereocenters. The second-order valence-corrected chi connectivity index (χ2v) is 6.60. The van der Waals surface area contributed by atoms with E-state index in [1.165, 1.54) is 18.4 Å². The molecule has 3 nitrogen and oxygen atoms in total. The molecule has 2 aliphatic rings. The first kappa shape index (κ1) is 16.3. The minimum atomic E-state index is 0.162. The molecule has 0 bridgehead atoms. The third kappa shape index (κ3) is 4.44. The standard InChI is InChI=1S/C20H27NO2/c22-20(18-12-15-23-16-13-18)21-14-6-2-5-9-19(21)11-10-17-7-3-1-4-8-17/h1,3-4,7-8,10-11,18-19H,2,5-6,9,12-16H2. The van der Waals surface area contributed by atoms with E-state index in [-0.39, 0.29) is 12.0 Å². The third-order valence-electron chi connectivity index (χ3n) is 4.96. The number of likely N-dealkylation sites (tertiary alicyclic amines) is 1. The summed E-state index contributed by atoms with van der Waals surface area (Å²) in [6.45, 7) is 2.36. The highest BCUT2D eigenvalue weighted by atomic mass is 16.5. The average Bonchev–Trinajstić information content (AvgIpc) is 2.86. The lowest BCUT2D eigenvalue weighted by molar-refractivity contribution is -0.139. The normalized spacial score (nSPS) is 23.8. The molecule has 1 amide bonds. The fraction of sp³-hybridized carbons (Fsp3) is 0.550. The number of carbonyl (C=O) groups excluding carboxylic acids is 1. The van der Waals surface area contributed by atoms with Gasteiger partial charge in [0, 0.05) is 25.7 Å². The fourth-order valence-corrected chi connectivity index (χ4v) is 3.57. The molecule has 23 heavy (non-hydrogen) atoms. The van der Waals surface area contributed by atoms with Crippen molar-refractivity contribution < 1.29 is 9.53 Å². The number of nitrogens with zero attached hydrogens (tertiary/aromatic N) is 1. The van der Waals surface area contributed by atoms with Gasteiger partial charge in [-0.05, 0) is 31.2 Å². The van der Waals surface area contributed by atoms with Gasteiger partial charge in [0.25, 0.3) is 0 Å². The summed E-state index contributed by atoms with van der Waals surface area (Å²) < 4.78 is 5.41. The van der Waals surface area contributed by atoms with E-state index in [1.54, 1.807) is 0 Å². The van der Waals surface area contributed by atoms with E-state index in [4.69, 9.17) is 4.74 Å². The van der Waals surface area contributed by atoms with Crippen molar-refractivity contribution in [1.29, 1.82) is 0 Å². The van der Waals surface area contributed by atoms with E-state index in [0.717, 1.165) is 45.4 Å². The van der Waals surface area contributed by atoms with Crippen LogP contribution in [0.4, 0.5) is 0 Å². The first-order valence-electron chi connectivity index (χ1n) is 8.96. The number of benzene rings is 1. The van der Waals surface area contributed by atoms with Crippen molar-refractivity contribution in [2.24, 2.45) is 5.92 Å². The second kappa shape index (κ2) is 8.30. The maximum atomic E-state index is 13.0. The lowest BCUT2D eigenvalue weighted by atomic mass is 9.97. The minimum absolute atomic E-state index is 0.162. The van der Waals surface area contributed by atoms with Crippen molar-refractivity contribution in [3.8, 4) is 0 Å². The first-order valence-corrected chi connectivity index (χ1v) is 8.96. The van der Waals surface area contributed by atoms with Gasteiger partial charge in [-0.3, -0.25) is 4.79 Å². The Morgan fingerprint density at radius 2 is 1.83 bits per heavy atom. The fourth-order valence-electron chi connectivity index (χ4n) is 3.57. The molecular weight excluding hydrogens is 286 g/mol. The Bertz CT molecular complexity index is 520. The van der Waals surface area contributed by atoms with Crippen LogP contribution in [-0.2, 0) is 9.53 Å². The molecule has 1 aromatic carbocycles. The summed E-state index contributed by atoms with van der Waals surface area (Å²) in [5.41, 5.74) is 1.20. The van der Waals surface area contributed by atoms with Gasteiger partial charge in [-0.2, -0.15) is 0 Å². The van der Waals surface area contributed by atoms with Gasteiger partial charge in [-0.1, -0.05) is 55.3 Å². The van der Waals surface area contributed by atoms with E-state index < -0.39 is 0 Å². The molecule has 2 heterocycles. The number of carbonyl (C=O) groups is 1. The highest BCUT2D eigenvalue weighted by Gasteiger charge is 2.30. The van der Waals surface area contributed by atoms with E-state index >= 15 is 0 Å². The number of hydrogen-bond acceptors (Lipinski definition) is 2. The molecule has 0 aliphatic carbocycles. The van der Waals surface area contributed by atoms with Crippen molar-refractivity contribution in [1.82, 2.24) is 4.90 Å². The SMILES string of the molecule is O=C(C1CCOCC1)N1CCCCCC1C=Cc1ccccc1. The summed E-state index contributed by atoms with van der Waals surface area (Å²) in [6.07, 6.45) is 10.8. The Hall–Kier alpha value is -1.61. The van der Waals surface area contributed by atoms with Crippen LogP contribution in [0.25, 0.3) is 6.08 Å². The maximum absolute atomic E-state index is 13.0. The summed E-state index contributed by atoms with van der Waals surface area (Å²) >= 11 is 0. The Labute approximate surface area is 139 Å². The summed E-state index contributed by atoms with van der Waals surface area (Å²) in [5.74, 6) is 0.507. The van der Waals surface area contributed by atoms with E-state index in [2.05, 4.69) is 41.3 Å². The lowest BCUT2D eigenvalue weighted by Crippen LogP contribution is -2.43. The number of amides is 1. The molecule has 3 rings (SSSR count). The zero-order valence-electron chi connectivity index (χ0n) is 13.8. The predicted molar refractivity (Wildman–Crippen MR) is 93.0 cm³/mol. The molecule has 0 saturated carbocycles. The Balaban J connectivity index is 1.71. The number of rotatable bonds is 3. The van der Waals surface area contributed by atoms with Crippen LogP contribution in [0.5, 0.6) is 0 Å². The highest BCUT2D eigenvalue weighted by Crippen LogP contribution is 2.24. The van der Waals surface area contributed by atoms with Crippen LogP contribution < -0.4 is 0 Å². The molecule has 3 heteroatoms. The highest BCUT2D eigenvalue weighted by molar-refractivity contribution is 5.79. The van der Waals surface area contributed by atoms with Crippen LogP contribution in [-0.4, -0.2) is 36.6 Å². The zero-order valence-corrected chi connectivity index (χ0v) is 13.8. The average molecular weight is 313 g/mol. The van der Waals surface area contributed by atoms with Crippen molar-refractivity contribution >= 4 is 12.0 Å². The molecule has 124 valence electrons. The Morgan fingerprint density at radius 3 is 2.61 bits per heavy atom. The summed E-state index contributed by atoms with van der Waals surface area (Å²) in [5, 5.41) is 0. The molecule has 0 aromatic heterocycles. The van der Waals surface area contributed by atoms with Crippen LogP contribution in [0.2, 0.25) is 0 Å². The van der Waals surface area contributed by atoms with Gasteiger partial charge in [0.2, 0.25) is 5.91 Å². The van der Waals surface area contributed by atoms with Gasteiger partial charge in [0.15, 0.2) is 0 Å². The van der Waals surface area contributed by atoms with Crippen molar-refractivity contribution in [2.75, 3.05) is 19.8 Å². The first-order chi connectivity index (χ1) is 11.3. The summed E-state index contributed by atoms with van der Waals surface area (Å²) in [7, 11) is 0. The Kier molecular flexibility index (Phi) is 5.87. The Morgan fingerprint density at radius 1 is 1.04 bits per heavy atom. The second-order valence-electron chi connectivity index (χ2n) is 6.60. The molecule has 0 radical (unpaired) electrons. The lowest BCUT2D eigenvalue weighted by Gasteiger charge is -2.33. The quantitative estimate of drug-likeness (QED) is 0.847. The molecule has 1 atom stereocenters. The van der Waals surface area contributed by atoms with E-state index in [1.807, 2.05) is 6.07 Å². The number of hydrogen-bond donors (Lipinski definition) is 0. The van der Waals surface area contributed by atoms with Gasteiger partial charge in [0.05, 0.1) is 6.04 Å². The van der Waals surface area contributed by atoms with Crippen LogP contribution >= 0.6 is 0 Å². The van der Waals surface area contributed by atoms with Crippen molar-refractivity contribution in [3.05, 3.63) is 42.0 Å². The molecule has 0 N–H and O–H groups in total. The number of ether oxygens (including phenoxy) is 1. The zero-order chi connectivity index (χ0) is 15.9. The van der Waals surface area contributed by atoms with E-state index in [0.29, 0.717) is 5.91 Å². The van der Waals surface area contributed by atoms with Gasteiger partial charge in [-0.25, -0.2) is 0 Å². The summed E-state index contributed by atoms with van der Waals surface area (Å²) in [6, 6.07) is 10.6. The van der Waals surface area contributed by atoms with Crippen LogP contribution in [0.3, 0.4) is 0 Å². The van der Waals surface area contributed by atoms with Gasteiger partial charge < -0.3 is 9.64 Å². The third-order valence-corrected chi connectivity index (χ3v) is 4.96. The van der Waals surface area contributed by atoms with Gasteiger partial charge in [-0.15, -0.1) is 0 Å². The molecule has 2 fully saturated rings. The molecule has 2 saturated heterocycles. The minimum Gasteiger partial charge on any atom is -0.381 e. The van der Waals surface area contributed by atoms with Crippen molar-refractivity contribution in [3.63, 3.8) is 0 Å². The largest absolute Gasteiger partial charge is 0.381 e. The van der Waals surface area contributed by atoms with Crippen LogP contribution in [0.1, 0.15) is 44.1 Å². The van der Waals surface area contributed by atoms with Gasteiger partial charge in [0.1, 0.15) is 0 Å². The predicted octanol–water partition coefficient (Wildman–Crippen LogP) is 3.90. The van der Waals surface area contributed by atoms with Crippen molar-refractivity contribution in [2.45, 2.75) is 44.6 Å². The monoisotopic (exact) mass is 313 g/mol. The summed E-state index contributed by atoms with van der Waals surface area (Å²) in [4.78, 5) is 15.1. The molecule has 1 aromatic rings. The van der Waals surface area contributed by atoms with Crippen LogP contribution in [0, 0.1) is 5.92 Å². The van der Waals surface area contributed by atoms with E-state index in [9.17, 15) is 4.79 Å². The topological polar surface area (TPSA) is 29.5 Å².